The first-order valence-electron chi connectivity index (χ1n) is 9.82. The number of amides is 1. The highest BCUT2D eigenvalue weighted by molar-refractivity contribution is 6.23. The molecule has 0 aliphatic carbocycles. The van der Waals surface area contributed by atoms with Crippen LogP contribution < -0.4 is 5.32 Å². The average molecular weight is 401 g/mol. The number of hydrogen-bond donors (Lipinski definition) is 2. The van der Waals surface area contributed by atoms with E-state index in [9.17, 15) is 18.7 Å². The van der Waals surface area contributed by atoms with Crippen LogP contribution in [0.2, 0.25) is 0 Å². The van der Waals surface area contributed by atoms with E-state index in [-0.39, 0.29) is 17.2 Å². The van der Waals surface area contributed by atoms with E-state index in [0.29, 0.717) is 42.7 Å². The highest BCUT2D eigenvalue weighted by Crippen LogP contribution is 2.39. The van der Waals surface area contributed by atoms with Gasteiger partial charge in [-0.15, -0.1) is 0 Å². The van der Waals surface area contributed by atoms with E-state index in [1.807, 2.05) is 20.8 Å². The SMILES string of the molecule is CC.Cc1ccc(-c2ccc(F)c(F)c2)cc1C1=C(O)C2(CCOCC2)NC1=O. The van der Waals surface area contributed by atoms with Crippen LogP contribution in [0.25, 0.3) is 16.7 Å². The number of rotatable bonds is 2. The van der Waals surface area contributed by atoms with Crippen molar-refractivity contribution in [3.05, 3.63) is 64.9 Å². The van der Waals surface area contributed by atoms with Gasteiger partial charge in [0.1, 0.15) is 11.3 Å². The fraction of sp³-hybridized carbons (Fsp3) is 0.348. The molecule has 29 heavy (non-hydrogen) atoms. The van der Waals surface area contributed by atoms with Gasteiger partial charge in [0, 0.05) is 26.1 Å². The Hall–Kier alpha value is -2.73. The summed E-state index contributed by atoms with van der Waals surface area (Å²) in [5.74, 6) is -2.15. The lowest BCUT2D eigenvalue weighted by atomic mass is 9.87. The quantitative estimate of drug-likeness (QED) is 0.751. The standard InChI is InChI=1S/C21H19F2NO3.C2H6/c1-12-2-3-13(14-4-5-16(22)17(23)11-14)10-15(12)18-19(25)21(24-20(18)26)6-8-27-9-7-21;1-2/h2-5,10-11,25H,6-9H2,1H3,(H,24,26);1-2H3. The van der Waals surface area contributed by atoms with Crippen molar-refractivity contribution in [1.29, 1.82) is 0 Å². The number of hydrogen-bond acceptors (Lipinski definition) is 3. The molecule has 2 aromatic carbocycles. The van der Waals surface area contributed by atoms with Crippen molar-refractivity contribution in [2.24, 2.45) is 0 Å². The molecular formula is C23H25F2NO3. The Kier molecular flexibility index (Phi) is 6.03. The molecule has 1 saturated heterocycles. The summed E-state index contributed by atoms with van der Waals surface area (Å²) >= 11 is 0. The van der Waals surface area contributed by atoms with Crippen molar-refractivity contribution < 1.29 is 23.4 Å². The third-order valence-corrected chi connectivity index (χ3v) is 5.38. The minimum absolute atomic E-state index is 0.0290. The monoisotopic (exact) mass is 401 g/mol. The summed E-state index contributed by atoms with van der Waals surface area (Å²) in [5, 5.41) is 13.8. The molecule has 0 atom stereocenters. The zero-order valence-electron chi connectivity index (χ0n) is 16.8. The molecule has 2 aromatic rings. The van der Waals surface area contributed by atoms with Crippen LogP contribution in [0.4, 0.5) is 8.78 Å². The van der Waals surface area contributed by atoms with Gasteiger partial charge in [0.2, 0.25) is 0 Å². The van der Waals surface area contributed by atoms with Crippen molar-refractivity contribution in [2.45, 2.75) is 39.2 Å². The van der Waals surface area contributed by atoms with E-state index >= 15 is 0 Å². The third kappa shape index (κ3) is 3.77. The van der Waals surface area contributed by atoms with Gasteiger partial charge < -0.3 is 15.2 Å². The molecule has 2 aliphatic rings. The predicted molar refractivity (Wildman–Crippen MR) is 108 cm³/mol. The number of aliphatic hydroxyl groups excluding tert-OH is 1. The average Bonchev–Trinajstić information content (AvgIpc) is 2.96. The van der Waals surface area contributed by atoms with Gasteiger partial charge in [0.25, 0.3) is 5.91 Å². The van der Waals surface area contributed by atoms with E-state index in [0.717, 1.165) is 17.7 Å². The van der Waals surface area contributed by atoms with Gasteiger partial charge in [-0.1, -0.05) is 32.0 Å². The molecule has 1 spiro atoms. The molecule has 2 heterocycles. The molecular weight excluding hydrogens is 376 g/mol. The van der Waals surface area contributed by atoms with Crippen LogP contribution in [0.1, 0.15) is 37.8 Å². The van der Waals surface area contributed by atoms with Crippen molar-refractivity contribution in [1.82, 2.24) is 5.32 Å². The molecule has 2 aliphatic heterocycles. The summed E-state index contributed by atoms with van der Waals surface area (Å²) in [6, 6.07) is 8.98. The lowest BCUT2D eigenvalue weighted by Gasteiger charge is -2.33. The zero-order chi connectivity index (χ0) is 21.2. The van der Waals surface area contributed by atoms with Gasteiger partial charge in [-0.2, -0.15) is 0 Å². The second kappa shape index (κ2) is 8.33. The molecule has 0 radical (unpaired) electrons. The number of halogens is 2. The number of carbonyl (C=O) groups is 1. The Bertz CT molecular complexity index is 963. The Morgan fingerprint density at radius 3 is 2.28 bits per heavy atom. The first kappa shape index (κ1) is 21.0. The van der Waals surface area contributed by atoms with Gasteiger partial charge >= 0.3 is 0 Å². The fourth-order valence-corrected chi connectivity index (χ4v) is 3.76. The highest BCUT2D eigenvalue weighted by atomic mass is 19.2. The molecule has 4 rings (SSSR count). The molecule has 0 aromatic heterocycles. The minimum Gasteiger partial charge on any atom is -0.509 e. The molecule has 154 valence electrons. The highest BCUT2D eigenvalue weighted by Gasteiger charge is 2.47. The minimum atomic E-state index is -0.934. The van der Waals surface area contributed by atoms with E-state index in [4.69, 9.17) is 4.74 Å². The largest absolute Gasteiger partial charge is 0.509 e. The van der Waals surface area contributed by atoms with Crippen LogP contribution in [-0.4, -0.2) is 29.8 Å². The lowest BCUT2D eigenvalue weighted by molar-refractivity contribution is -0.117. The second-order valence-corrected chi connectivity index (χ2v) is 7.03. The van der Waals surface area contributed by atoms with Crippen molar-refractivity contribution in [2.75, 3.05) is 13.2 Å². The van der Waals surface area contributed by atoms with Gasteiger partial charge in [-0.3, -0.25) is 4.79 Å². The van der Waals surface area contributed by atoms with Gasteiger partial charge in [0.05, 0.1) is 5.57 Å². The van der Waals surface area contributed by atoms with Crippen LogP contribution in [0.15, 0.2) is 42.2 Å². The number of ether oxygens (including phenoxy) is 1. The molecule has 2 N–H and O–H groups in total. The summed E-state index contributed by atoms with van der Waals surface area (Å²) in [6.07, 6.45) is 1.02. The normalized spacial score (nSPS) is 17.8. The zero-order valence-corrected chi connectivity index (χ0v) is 16.8. The van der Waals surface area contributed by atoms with E-state index in [1.165, 1.54) is 6.07 Å². The predicted octanol–water partition coefficient (Wildman–Crippen LogP) is 4.91. The van der Waals surface area contributed by atoms with Crippen LogP contribution in [0.5, 0.6) is 0 Å². The van der Waals surface area contributed by atoms with Gasteiger partial charge in [0.15, 0.2) is 11.6 Å². The smallest absolute Gasteiger partial charge is 0.256 e. The Morgan fingerprint density at radius 2 is 1.62 bits per heavy atom. The summed E-state index contributed by atoms with van der Waals surface area (Å²) in [7, 11) is 0. The van der Waals surface area contributed by atoms with Gasteiger partial charge in [-0.05, 0) is 47.4 Å². The second-order valence-electron chi connectivity index (χ2n) is 7.03. The van der Waals surface area contributed by atoms with Crippen LogP contribution in [0.3, 0.4) is 0 Å². The molecule has 1 fully saturated rings. The van der Waals surface area contributed by atoms with E-state index < -0.39 is 17.2 Å². The van der Waals surface area contributed by atoms with Crippen LogP contribution in [0, 0.1) is 18.6 Å². The first-order chi connectivity index (χ1) is 13.9. The molecule has 0 unspecified atom stereocenters. The Labute approximate surface area is 169 Å². The van der Waals surface area contributed by atoms with Crippen LogP contribution in [-0.2, 0) is 9.53 Å². The molecule has 1 amide bonds. The maximum absolute atomic E-state index is 13.6. The lowest BCUT2D eigenvalue weighted by Crippen LogP contribution is -2.48. The number of aliphatic hydroxyl groups is 1. The molecule has 0 bridgehead atoms. The molecule has 4 nitrogen and oxygen atoms in total. The Morgan fingerprint density at radius 1 is 1.00 bits per heavy atom. The third-order valence-electron chi connectivity index (χ3n) is 5.38. The summed E-state index contributed by atoms with van der Waals surface area (Å²) in [6.45, 7) is 6.77. The van der Waals surface area contributed by atoms with E-state index in [2.05, 4.69) is 5.32 Å². The molecule has 6 heteroatoms. The van der Waals surface area contributed by atoms with E-state index in [1.54, 1.807) is 18.2 Å². The Balaban J connectivity index is 0.00000117. The first-order valence-corrected chi connectivity index (χ1v) is 9.82. The topological polar surface area (TPSA) is 58.6 Å². The van der Waals surface area contributed by atoms with Gasteiger partial charge in [-0.25, -0.2) is 8.78 Å². The van der Waals surface area contributed by atoms with Crippen molar-refractivity contribution >= 4 is 11.5 Å². The number of carbonyl (C=O) groups excluding carboxylic acids is 1. The number of aryl methyl sites for hydroxylation is 1. The van der Waals surface area contributed by atoms with Crippen molar-refractivity contribution in [3.8, 4) is 11.1 Å². The summed E-state index contributed by atoms with van der Waals surface area (Å²) in [4.78, 5) is 12.7. The fourth-order valence-electron chi connectivity index (χ4n) is 3.76. The van der Waals surface area contributed by atoms with Crippen LogP contribution >= 0.6 is 0 Å². The number of benzene rings is 2. The summed E-state index contributed by atoms with van der Waals surface area (Å²) in [5.41, 5.74) is 1.97. The number of nitrogens with one attached hydrogen (secondary N) is 1. The van der Waals surface area contributed by atoms with Crippen molar-refractivity contribution in [3.63, 3.8) is 0 Å². The maximum atomic E-state index is 13.6. The summed E-state index contributed by atoms with van der Waals surface area (Å²) < 4.78 is 32.2. The maximum Gasteiger partial charge on any atom is 0.256 e. The molecule has 0 saturated carbocycles.